The topological polar surface area (TPSA) is 24.5 Å². The monoisotopic (exact) mass is 278 g/mol. The quantitative estimate of drug-likeness (QED) is 0.837. The maximum Gasteiger partial charge on any atom is 0.169 e. The average molecular weight is 278 g/mol. The van der Waals surface area contributed by atoms with Gasteiger partial charge in [0.1, 0.15) is 5.75 Å². The maximum absolute atomic E-state index is 5.51. The lowest BCUT2D eigenvalue weighted by molar-refractivity contribution is 0.390. The van der Waals surface area contributed by atoms with Crippen molar-refractivity contribution < 1.29 is 4.74 Å². The number of benzene rings is 1. The third kappa shape index (κ3) is 4.10. The van der Waals surface area contributed by atoms with E-state index in [0.29, 0.717) is 12.1 Å². The van der Waals surface area contributed by atoms with Crippen LogP contribution in [-0.4, -0.2) is 29.2 Å². The molecule has 0 aliphatic heterocycles. The molecule has 0 saturated heterocycles. The zero-order valence-corrected chi connectivity index (χ0v) is 12.7. The number of thiocarbonyl (C=S) groups is 1. The summed E-state index contributed by atoms with van der Waals surface area (Å²) < 4.78 is 5.18. The Morgan fingerprint density at radius 3 is 2.47 bits per heavy atom. The SMILES string of the molecule is COc1ccc(CN(C(=S)NC(C)C)C2CC2)cc1. The molecule has 0 bridgehead atoms. The van der Waals surface area contributed by atoms with Crippen LogP contribution in [0.4, 0.5) is 0 Å². The molecule has 0 unspecified atom stereocenters. The van der Waals surface area contributed by atoms with Crippen LogP contribution in [0.2, 0.25) is 0 Å². The summed E-state index contributed by atoms with van der Waals surface area (Å²) in [6, 6.07) is 9.20. The van der Waals surface area contributed by atoms with E-state index in [1.54, 1.807) is 7.11 Å². The van der Waals surface area contributed by atoms with Crippen LogP contribution in [0.3, 0.4) is 0 Å². The van der Waals surface area contributed by atoms with Gasteiger partial charge in [0.2, 0.25) is 0 Å². The molecule has 2 rings (SSSR count). The number of ether oxygens (including phenoxy) is 1. The van der Waals surface area contributed by atoms with E-state index >= 15 is 0 Å². The van der Waals surface area contributed by atoms with Crippen LogP contribution in [0.15, 0.2) is 24.3 Å². The van der Waals surface area contributed by atoms with Crippen molar-refractivity contribution in [3.8, 4) is 5.75 Å². The first-order valence-electron chi connectivity index (χ1n) is 6.80. The molecule has 1 aromatic carbocycles. The van der Waals surface area contributed by atoms with Crippen LogP contribution in [0.1, 0.15) is 32.3 Å². The van der Waals surface area contributed by atoms with Crippen LogP contribution in [0, 0.1) is 0 Å². The van der Waals surface area contributed by atoms with Crippen molar-refractivity contribution in [3.63, 3.8) is 0 Å². The van der Waals surface area contributed by atoms with Gasteiger partial charge in [0, 0.05) is 18.6 Å². The smallest absolute Gasteiger partial charge is 0.169 e. The van der Waals surface area contributed by atoms with E-state index in [1.807, 2.05) is 12.1 Å². The van der Waals surface area contributed by atoms with E-state index in [4.69, 9.17) is 17.0 Å². The molecule has 1 aliphatic rings. The zero-order valence-electron chi connectivity index (χ0n) is 11.8. The molecule has 0 atom stereocenters. The van der Waals surface area contributed by atoms with Gasteiger partial charge < -0.3 is 15.0 Å². The van der Waals surface area contributed by atoms with Gasteiger partial charge in [0.05, 0.1) is 7.11 Å². The number of rotatable bonds is 5. The normalized spacial score (nSPS) is 14.3. The highest BCUT2D eigenvalue weighted by Crippen LogP contribution is 2.28. The van der Waals surface area contributed by atoms with Gasteiger partial charge in [-0.2, -0.15) is 0 Å². The van der Waals surface area contributed by atoms with Crippen molar-refractivity contribution >= 4 is 17.3 Å². The minimum absolute atomic E-state index is 0.379. The van der Waals surface area contributed by atoms with Crippen molar-refractivity contribution in [2.24, 2.45) is 0 Å². The van der Waals surface area contributed by atoms with E-state index in [1.165, 1.54) is 18.4 Å². The van der Waals surface area contributed by atoms with E-state index in [0.717, 1.165) is 17.4 Å². The van der Waals surface area contributed by atoms with Gasteiger partial charge in [-0.1, -0.05) is 12.1 Å². The lowest BCUT2D eigenvalue weighted by atomic mass is 10.2. The second-order valence-electron chi connectivity index (χ2n) is 5.31. The van der Waals surface area contributed by atoms with Crippen molar-refractivity contribution in [3.05, 3.63) is 29.8 Å². The summed E-state index contributed by atoms with van der Waals surface area (Å²) in [5.74, 6) is 0.893. The summed E-state index contributed by atoms with van der Waals surface area (Å²) in [4.78, 5) is 2.30. The molecule has 0 amide bonds. The highest BCUT2D eigenvalue weighted by Gasteiger charge is 2.30. The summed E-state index contributed by atoms with van der Waals surface area (Å²) in [5, 5.41) is 4.21. The fourth-order valence-electron chi connectivity index (χ4n) is 2.01. The molecule has 1 N–H and O–H groups in total. The van der Waals surface area contributed by atoms with Crippen LogP contribution >= 0.6 is 12.2 Å². The third-order valence-electron chi connectivity index (χ3n) is 3.17. The first-order chi connectivity index (χ1) is 9.10. The Morgan fingerprint density at radius 1 is 1.37 bits per heavy atom. The highest BCUT2D eigenvalue weighted by atomic mass is 32.1. The Labute approximate surface area is 120 Å². The molecule has 0 aromatic heterocycles. The molecule has 0 radical (unpaired) electrons. The van der Waals surface area contributed by atoms with E-state index in [2.05, 4.69) is 36.2 Å². The van der Waals surface area contributed by atoms with Crippen molar-refractivity contribution in [2.75, 3.05) is 7.11 Å². The number of nitrogens with one attached hydrogen (secondary N) is 1. The largest absolute Gasteiger partial charge is 0.497 e. The Bertz CT molecular complexity index is 426. The molecule has 19 heavy (non-hydrogen) atoms. The maximum atomic E-state index is 5.51. The Balaban J connectivity index is 2.01. The minimum atomic E-state index is 0.379. The lowest BCUT2D eigenvalue weighted by Crippen LogP contribution is -2.43. The third-order valence-corrected chi connectivity index (χ3v) is 3.52. The molecular formula is C15H22N2OS. The second-order valence-corrected chi connectivity index (χ2v) is 5.70. The summed E-state index contributed by atoms with van der Waals surface area (Å²) in [6.07, 6.45) is 2.49. The summed E-state index contributed by atoms with van der Waals surface area (Å²) in [5.41, 5.74) is 1.26. The second kappa shape index (κ2) is 6.24. The van der Waals surface area contributed by atoms with Crippen LogP contribution in [0.5, 0.6) is 5.75 Å². The van der Waals surface area contributed by atoms with Crippen molar-refractivity contribution in [2.45, 2.75) is 45.3 Å². The fraction of sp³-hybridized carbons (Fsp3) is 0.533. The minimum Gasteiger partial charge on any atom is -0.497 e. The van der Waals surface area contributed by atoms with Crippen molar-refractivity contribution in [1.82, 2.24) is 10.2 Å². The standard InChI is InChI=1S/C15H22N2OS/c1-11(2)16-15(19)17(13-6-7-13)10-12-4-8-14(18-3)9-5-12/h4-5,8-9,11,13H,6-7,10H2,1-3H3,(H,16,19). The molecule has 1 aromatic rings. The van der Waals surface area contributed by atoms with Crippen molar-refractivity contribution in [1.29, 1.82) is 0 Å². The number of nitrogens with zero attached hydrogens (tertiary/aromatic N) is 1. The van der Waals surface area contributed by atoms with E-state index < -0.39 is 0 Å². The first kappa shape index (κ1) is 14.1. The summed E-state index contributed by atoms with van der Waals surface area (Å²) in [6.45, 7) is 5.10. The predicted molar refractivity (Wildman–Crippen MR) is 82.4 cm³/mol. The van der Waals surface area contributed by atoms with Crippen LogP contribution in [0.25, 0.3) is 0 Å². The number of hydrogen-bond acceptors (Lipinski definition) is 2. The summed E-state index contributed by atoms with van der Waals surface area (Å²) >= 11 is 5.51. The molecule has 1 fully saturated rings. The lowest BCUT2D eigenvalue weighted by Gasteiger charge is -2.27. The van der Waals surface area contributed by atoms with Gasteiger partial charge in [0.15, 0.2) is 5.11 Å². The highest BCUT2D eigenvalue weighted by molar-refractivity contribution is 7.80. The molecule has 4 heteroatoms. The van der Waals surface area contributed by atoms with Gasteiger partial charge in [-0.3, -0.25) is 0 Å². The van der Waals surface area contributed by atoms with Crippen LogP contribution < -0.4 is 10.1 Å². The van der Waals surface area contributed by atoms with E-state index in [9.17, 15) is 0 Å². The predicted octanol–water partition coefficient (Wildman–Crippen LogP) is 2.94. The van der Waals surface area contributed by atoms with Gasteiger partial charge in [-0.05, 0) is 56.6 Å². The van der Waals surface area contributed by atoms with Gasteiger partial charge in [0.25, 0.3) is 0 Å². The molecule has 1 aliphatic carbocycles. The number of methoxy groups -OCH3 is 1. The van der Waals surface area contributed by atoms with E-state index in [-0.39, 0.29) is 0 Å². The molecule has 1 saturated carbocycles. The molecule has 104 valence electrons. The first-order valence-corrected chi connectivity index (χ1v) is 7.21. The van der Waals surface area contributed by atoms with Crippen LogP contribution in [-0.2, 0) is 6.54 Å². The molecule has 3 nitrogen and oxygen atoms in total. The Morgan fingerprint density at radius 2 is 2.00 bits per heavy atom. The average Bonchev–Trinajstić information content (AvgIpc) is 3.20. The summed E-state index contributed by atoms with van der Waals surface area (Å²) in [7, 11) is 1.69. The fourth-order valence-corrected chi connectivity index (χ4v) is 2.46. The van der Waals surface area contributed by atoms with Gasteiger partial charge >= 0.3 is 0 Å². The Kier molecular flexibility index (Phi) is 4.64. The Hall–Kier alpha value is -1.29. The zero-order chi connectivity index (χ0) is 13.8. The molecular weight excluding hydrogens is 256 g/mol. The van der Waals surface area contributed by atoms with Gasteiger partial charge in [-0.25, -0.2) is 0 Å². The number of hydrogen-bond donors (Lipinski definition) is 1. The molecule has 0 spiro atoms. The molecule has 0 heterocycles. The van der Waals surface area contributed by atoms with Gasteiger partial charge in [-0.15, -0.1) is 0 Å².